The molecular formula is C22H30O2. The van der Waals surface area contributed by atoms with Crippen LogP contribution in [-0.2, 0) is 12.8 Å². The molecule has 2 aromatic carbocycles. The fourth-order valence-corrected chi connectivity index (χ4v) is 3.14. The van der Waals surface area contributed by atoms with Gasteiger partial charge in [0, 0.05) is 17.0 Å². The van der Waals surface area contributed by atoms with Gasteiger partial charge in [0.05, 0.1) is 0 Å². The summed E-state index contributed by atoms with van der Waals surface area (Å²) in [5, 5.41) is 20.6. The summed E-state index contributed by atoms with van der Waals surface area (Å²) in [6.45, 7) is 6.42. The summed E-state index contributed by atoms with van der Waals surface area (Å²) in [6, 6.07) is 11.8. The van der Waals surface area contributed by atoms with E-state index in [4.69, 9.17) is 0 Å². The minimum atomic E-state index is -0.0341. The van der Waals surface area contributed by atoms with Crippen molar-refractivity contribution in [2.75, 3.05) is 0 Å². The Hall–Kier alpha value is -1.96. The second kappa shape index (κ2) is 8.77. The van der Waals surface area contributed by atoms with E-state index >= 15 is 0 Å². The highest BCUT2D eigenvalue weighted by atomic mass is 16.3. The molecule has 0 fully saturated rings. The third-order valence-electron chi connectivity index (χ3n) is 4.75. The van der Waals surface area contributed by atoms with Gasteiger partial charge in [-0.3, -0.25) is 0 Å². The van der Waals surface area contributed by atoms with Gasteiger partial charge in [-0.05, 0) is 48.9 Å². The summed E-state index contributed by atoms with van der Waals surface area (Å²) >= 11 is 0. The van der Waals surface area contributed by atoms with E-state index in [1.54, 1.807) is 12.1 Å². The van der Waals surface area contributed by atoms with E-state index in [0.717, 1.165) is 49.7 Å². The van der Waals surface area contributed by atoms with Gasteiger partial charge in [0.1, 0.15) is 11.5 Å². The Labute approximate surface area is 146 Å². The monoisotopic (exact) mass is 326 g/mol. The van der Waals surface area contributed by atoms with Crippen LogP contribution < -0.4 is 0 Å². The maximum atomic E-state index is 10.3. The number of rotatable bonds is 8. The van der Waals surface area contributed by atoms with Crippen LogP contribution in [0.1, 0.15) is 74.6 Å². The molecule has 2 N–H and O–H groups in total. The number of phenols is 2. The lowest BCUT2D eigenvalue weighted by atomic mass is 9.88. The molecular weight excluding hydrogens is 296 g/mol. The smallest absolute Gasteiger partial charge is 0.119 e. The van der Waals surface area contributed by atoms with E-state index in [-0.39, 0.29) is 5.92 Å². The molecule has 0 bridgehead atoms. The van der Waals surface area contributed by atoms with Crippen molar-refractivity contribution in [2.45, 2.75) is 65.2 Å². The SMILES string of the molecule is CCCCc1ccc(O)c(C(C)c2cc(CCCC)ccc2O)c1. The first-order chi connectivity index (χ1) is 11.6. The summed E-state index contributed by atoms with van der Waals surface area (Å²) in [6.07, 6.45) is 6.67. The normalized spacial score (nSPS) is 11.2. The van der Waals surface area contributed by atoms with Gasteiger partial charge in [0.15, 0.2) is 0 Å². The molecule has 130 valence electrons. The van der Waals surface area contributed by atoms with Gasteiger partial charge in [-0.25, -0.2) is 0 Å². The highest BCUT2D eigenvalue weighted by molar-refractivity contribution is 5.48. The van der Waals surface area contributed by atoms with Crippen molar-refractivity contribution in [1.82, 2.24) is 0 Å². The van der Waals surface area contributed by atoms with Gasteiger partial charge < -0.3 is 10.2 Å². The van der Waals surface area contributed by atoms with Crippen LogP contribution in [0.4, 0.5) is 0 Å². The number of unbranched alkanes of at least 4 members (excludes halogenated alkanes) is 2. The maximum Gasteiger partial charge on any atom is 0.119 e. The van der Waals surface area contributed by atoms with Gasteiger partial charge in [-0.1, -0.05) is 57.9 Å². The predicted molar refractivity (Wildman–Crippen MR) is 101 cm³/mol. The Kier molecular flexibility index (Phi) is 6.72. The molecule has 0 aliphatic rings. The number of aromatic hydroxyl groups is 2. The number of phenolic OH excluding ortho intramolecular Hbond substituents is 2. The Bertz CT molecular complexity index is 604. The van der Waals surface area contributed by atoms with E-state index in [9.17, 15) is 10.2 Å². The van der Waals surface area contributed by atoms with Gasteiger partial charge in [0.2, 0.25) is 0 Å². The Balaban J connectivity index is 2.31. The van der Waals surface area contributed by atoms with Crippen molar-refractivity contribution >= 4 is 0 Å². The first-order valence-electron chi connectivity index (χ1n) is 9.20. The zero-order valence-electron chi connectivity index (χ0n) is 15.2. The molecule has 0 aliphatic carbocycles. The molecule has 2 rings (SSSR count). The zero-order valence-corrected chi connectivity index (χ0v) is 15.2. The van der Waals surface area contributed by atoms with Crippen molar-refractivity contribution in [3.8, 4) is 11.5 Å². The topological polar surface area (TPSA) is 40.5 Å². The predicted octanol–water partition coefficient (Wildman–Crippen LogP) is 5.93. The molecule has 0 amide bonds. The molecule has 0 unspecified atom stereocenters. The maximum absolute atomic E-state index is 10.3. The average molecular weight is 326 g/mol. The van der Waals surface area contributed by atoms with Crippen molar-refractivity contribution in [3.05, 3.63) is 58.7 Å². The largest absolute Gasteiger partial charge is 0.508 e. The van der Waals surface area contributed by atoms with Crippen LogP contribution in [0.2, 0.25) is 0 Å². The van der Waals surface area contributed by atoms with Gasteiger partial charge in [-0.15, -0.1) is 0 Å². The number of aryl methyl sites for hydroxylation is 2. The Morgan fingerprint density at radius 2 is 1.17 bits per heavy atom. The molecule has 2 nitrogen and oxygen atoms in total. The Morgan fingerprint density at radius 1 is 0.750 bits per heavy atom. The molecule has 0 heterocycles. The van der Waals surface area contributed by atoms with Crippen LogP contribution in [0.5, 0.6) is 11.5 Å². The van der Waals surface area contributed by atoms with Crippen LogP contribution >= 0.6 is 0 Å². The molecule has 2 aromatic rings. The van der Waals surface area contributed by atoms with Crippen molar-refractivity contribution in [2.24, 2.45) is 0 Å². The summed E-state index contributed by atoms with van der Waals surface area (Å²) in [5.41, 5.74) is 4.29. The van der Waals surface area contributed by atoms with Gasteiger partial charge in [0.25, 0.3) is 0 Å². The second-order valence-corrected chi connectivity index (χ2v) is 6.72. The lowest BCUT2D eigenvalue weighted by Gasteiger charge is -2.18. The number of hydrogen-bond donors (Lipinski definition) is 2. The van der Waals surface area contributed by atoms with Crippen molar-refractivity contribution in [1.29, 1.82) is 0 Å². The molecule has 0 spiro atoms. The van der Waals surface area contributed by atoms with Crippen LogP contribution in [0.25, 0.3) is 0 Å². The van der Waals surface area contributed by atoms with E-state index in [1.807, 2.05) is 12.1 Å². The second-order valence-electron chi connectivity index (χ2n) is 6.72. The van der Waals surface area contributed by atoms with E-state index in [2.05, 4.69) is 32.9 Å². The number of hydrogen-bond acceptors (Lipinski definition) is 2. The summed E-state index contributed by atoms with van der Waals surface area (Å²) < 4.78 is 0. The molecule has 0 radical (unpaired) electrons. The fourth-order valence-electron chi connectivity index (χ4n) is 3.14. The minimum Gasteiger partial charge on any atom is -0.508 e. The number of benzene rings is 2. The van der Waals surface area contributed by atoms with Crippen molar-refractivity contribution in [3.63, 3.8) is 0 Å². The quantitative estimate of drug-likeness (QED) is 0.630. The van der Waals surface area contributed by atoms with Gasteiger partial charge in [-0.2, -0.15) is 0 Å². The summed E-state index contributed by atoms with van der Waals surface area (Å²) in [4.78, 5) is 0. The van der Waals surface area contributed by atoms with Crippen LogP contribution in [-0.4, -0.2) is 10.2 Å². The van der Waals surface area contributed by atoms with Crippen LogP contribution in [0, 0.1) is 0 Å². The lowest BCUT2D eigenvalue weighted by Crippen LogP contribution is -2.00. The molecule has 2 heteroatoms. The molecule has 0 aliphatic heterocycles. The molecule has 0 atom stereocenters. The molecule has 0 saturated heterocycles. The van der Waals surface area contributed by atoms with E-state index < -0.39 is 0 Å². The third-order valence-corrected chi connectivity index (χ3v) is 4.75. The Morgan fingerprint density at radius 3 is 1.54 bits per heavy atom. The minimum absolute atomic E-state index is 0.0341. The first kappa shape index (κ1) is 18.4. The third kappa shape index (κ3) is 4.53. The molecule has 0 aromatic heterocycles. The van der Waals surface area contributed by atoms with E-state index in [1.165, 1.54) is 11.1 Å². The average Bonchev–Trinajstić information content (AvgIpc) is 2.59. The summed E-state index contributed by atoms with van der Waals surface area (Å²) in [5.74, 6) is 0.579. The molecule has 24 heavy (non-hydrogen) atoms. The standard InChI is InChI=1S/C22H30O2/c1-4-6-8-17-10-12-21(23)19(14-17)16(3)20-15-18(9-7-5-2)11-13-22(20)24/h10-16,23-24H,4-9H2,1-3H3. The van der Waals surface area contributed by atoms with E-state index in [0.29, 0.717) is 11.5 Å². The molecule has 0 saturated carbocycles. The first-order valence-corrected chi connectivity index (χ1v) is 9.20. The van der Waals surface area contributed by atoms with Crippen LogP contribution in [0.15, 0.2) is 36.4 Å². The fraction of sp³-hybridized carbons (Fsp3) is 0.455. The lowest BCUT2D eigenvalue weighted by molar-refractivity contribution is 0.456. The van der Waals surface area contributed by atoms with Crippen LogP contribution in [0.3, 0.4) is 0 Å². The van der Waals surface area contributed by atoms with Gasteiger partial charge >= 0.3 is 0 Å². The highest BCUT2D eigenvalue weighted by Gasteiger charge is 2.17. The van der Waals surface area contributed by atoms with Crippen molar-refractivity contribution < 1.29 is 10.2 Å². The zero-order chi connectivity index (χ0) is 17.5. The summed E-state index contributed by atoms with van der Waals surface area (Å²) in [7, 11) is 0. The highest BCUT2D eigenvalue weighted by Crippen LogP contribution is 2.36.